The number of aryl methyl sites for hydroxylation is 1. The molecule has 0 aromatic heterocycles. The van der Waals surface area contributed by atoms with Crippen molar-refractivity contribution in [3.63, 3.8) is 0 Å². The van der Waals surface area contributed by atoms with Crippen molar-refractivity contribution < 1.29 is 23.8 Å². The number of hydrogen-bond donors (Lipinski definition) is 2. The highest BCUT2D eigenvalue weighted by atomic mass is 35.5. The molecule has 4 aromatic carbocycles. The van der Waals surface area contributed by atoms with Gasteiger partial charge in [0, 0.05) is 11.4 Å². The van der Waals surface area contributed by atoms with Gasteiger partial charge in [-0.2, -0.15) is 5.10 Å². The maximum atomic E-state index is 13.2. The van der Waals surface area contributed by atoms with Crippen LogP contribution in [0.4, 0.5) is 0 Å². The number of nitrogens with one attached hydrogen (secondary N) is 2. The van der Waals surface area contributed by atoms with Crippen LogP contribution in [0.1, 0.15) is 29.2 Å². The first-order chi connectivity index (χ1) is 21.2. The molecule has 228 valence electrons. The molecule has 2 N–H and O–H groups in total. The minimum absolute atomic E-state index is 0.239. The molecule has 0 fully saturated rings. The Kier molecular flexibility index (Phi) is 11.6. The van der Waals surface area contributed by atoms with Gasteiger partial charge in [0.2, 0.25) is 0 Å². The second-order valence-corrected chi connectivity index (χ2v) is 10.8. The van der Waals surface area contributed by atoms with Gasteiger partial charge in [0.05, 0.1) is 18.3 Å². The van der Waals surface area contributed by atoms with Gasteiger partial charge in [-0.05, 0) is 66.9 Å². The third kappa shape index (κ3) is 9.49. The van der Waals surface area contributed by atoms with Crippen molar-refractivity contribution in [3.8, 4) is 17.2 Å². The third-order valence-corrected chi connectivity index (χ3v) is 7.10. The maximum Gasteiger partial charge on any atom is 0.262 e. The van der Waals surface area contributed by atoms with Crippen LogP contribution < -0.4 is 25.0 Å². The first-order valence-electron chi connectivity index (χ1n) is 13.9. The number of carbonyl (C=O) groups excluding carboxylic acids is 2. The average Bonchev–Trinajstić information content (AvgIpc) is 3.02. The van der Waals surface area contributed by atoms with Crippen LogP contribution in [-0.4, -0.2) is 37.3 Å². The quantitative estimate of drug-likeness (QED) is 0.129. The summed E-state index contributed by atoms with van der Waals surface area (Å²) in [6, 6.07) is 26.6. The van der Waals surface area contributed by atoms with Crippen molar-refractivity contribution in [2.24, 2.45) is 5.10 Å². The highest BCUT2D eigenvalue weighted by molar-refractivity contribution is 6.35. The Bertz CT molecular complexity index is 1600. The standard InChI is InChI=1S/C34H33Cl2N3O5/c1-22-9-11-25(12-10-22)21-43-31-15-13-26(18-32(31)42-3)20-37-39-34(41)29(17-24-7-5-4-6-8-24)38-33(40)23(2)44-30-16-14-27(35)19-28(30)36/h4-16,18-20,23,29H,17,21H2,1-3H3,(H,38,40)(H,39,41)/b37-20-/t23-,29+/m0/s1. The lowest BCUT2D eigenvalue weighted by Crippen LogP contribution is -2.50. The summed E-state index contributed by atoms with van der Waals surface area (Å²) in [7, 11) is 1.55. The number of carbonyl (C=O) groups is 2. The van der Waals surface area contributed by atoms with E-state index in [1.165, 1.54) is 17.8 Å². The smallest absolute Gasteiger partial charge is 0.262 e. The molecule has 0 spiro atoms. The van der Waals surface area contributed by atoms with Crippen LogP contribution >= 0.6 is 23.2 Å². The lowest BCUT2D eigenvalue weighted by atomic mass is 10.1. The first-order valence-corrected chi connectivity index (χ1v) is 14.6. The van der Waals surface area contributed by atoms with Crippen LogP contribution in [0.3, 0.4) is 0 Å². The second kappa shape index (κ2) is 15.8. The van der Waals surface area contributed by atoms with E-state index in [2.05, 4.69) is 15.8 Å². The molecule has 8 nitrogen and oxygen atoms in total. The Morgan fingerprint density at radius 2 is 1.59 bits per heavy atom. The van der Waals surface area contributed by atoms with Crippen molar-refractivity contribution in [2.45, 2.75) is 39.0 Å². The Balaban J connectivity index is 1.40. The third-order valence-electron chi connectivity index (χ3n) is 6.57. The molecular weight excluding hydrogens is 601 g/mol. The minimum Gasteiger partial charge on any atom is -0.493 e. The van der Waals surface area contributed by atoms with Gasteiger partial charge in [-0.25, -0.2) is 5.43 Å². The Morgan fingerprint density at radius 1 is 0.864 bits per heavy atom. The lowest BCUT2D eigenvalue weighted by Gasteiger charge is -2.21. The predicted molar refractivity (Wildman–Crippen MR) is 173 cm³/mol. The Labute approximate surface area is 266 Å². The van der Waals surface area contributed by atoms with Crippen molar-refractivity contribution in [2.75, 3.05) is 7.11 Å². The van der Waals surface area contributed by atoms with E-state index in [-0.39, 0.29) is 11.4 Å². The molecule has 4 rings (SSSR count). The van der Waals surface area contributed by atoms with Gasteiger partial charge in [-0.3, -0.25) is 9.59 Å². The summed E-state index contributed by atoms with van der Waals surface area (Å²) in [5.74, 6) is 0.407. The van der Waals surface area contributed by atoms with E-state index >= 15 is 0 Å². The van der Waals surface area contributed by atoms with E-state index in [1.54, 1.807) is 44.4 Å². The normalized spacial score (nSPS) is 12.3. The zero-order valence-corrected chi connectivity index (χ0v) is 26.1. The summed E-state index contributed by atoms with van der Waals surface area (Å²) in [5, 5.41) is 7.60. The maximum absolute atomic E-state index is 13.2. The van der Waals surface area contributed by atoms with E-state index in [0.29, 0.717) is 34.4 Å². The molecule has 44 heavy (non-hydrogen) atoms. The molecular formula is C34H33Cl2N3O5. The SMILES string of the molecule is COc1cc(/C=N\NC(=O)[C@@H](Cc2ccccc2)NC(=O)[C@H](C)Oc2ccc(Cl)cc2Cl)ccc1OCc1ccc(C)cc1. The molecule has 2 atom stereocenters. The van der Waals surface area contributed by atoms with Crippen molar-refractivity contribution in [1.29, 1.82) is 0 Å². The van der Waals surface area contributed by atoms with Crippen LogP contribution in [-0.2, 0) is 22.6 Å². The summed E-state index contributed by atoms with van der Waals surface area (Å²) in [6.45, 7) is 3.99. The number of hydrazone groups is 1. The number of halogens is 2. The summed E-state index contributed by atoms with van der Waals surface area (Å²) in [6.07, 6.45) is 0.783. The molecule has 0 unspecified atom stereocenters. The van der Waals surface area contributed by atoms with Gasteiger partial charge in [0.25, 0.3) is 11.8 Å². The van der Waals surface area contributed by atoms with Gasteiger partial charge >= 0.3 is 0 Å². The fraction of sp³-hybridized carbons (Fsp3) is 0.206. The Morgan fingerprint density at radius 3 is 2.30 bits per heavy atom. The van der Waals surface area contributed by atoms with E-state index in [1.807, 2.05) is 61.5 Å². The van der Waals surface area contributed by atoms with E-state index < -0.39 is 24.0 Å². The molecule has 0 aliphatic carbocycles. The van der Waals surface area contributed by atoms with Gasteiger partial charge in [-0.1, -0.05) is 83.4 Å². The first kappa shape index (κ1) is 32.4. The molecule has 0 bridgehead atoms. The van der Waals surface area contributed by atoms with Crippen LogP contribution in [0.5, 0.6) is 17.2 Å². The summed E-state index contributed by atoms with van der Waals surface area (Å²) >= 11 is 12.1. The van der Waals surface area contributed by atoms with Crippen molar-refractivity contribution in [3.05, 3.63) is 123 Å². The molecule has 0 saturated carbocycles. The highest BCUT2D eigenvalue weighted by Crippen LogP contribution is 2.29. The number of rotatable bonds is 13. The highest BCUT2D eigenvalue weighted by Gasteiger charge is 2.25. The zero-order valence-electron chi connectivity index (χ0n) is 24.6. The van der Waals surface area contributed by atoms with Crippen LogP contribution in [0, 0.1) is 6.92 Å². The van der Waals surface area contributed by atoms with Crippen LogP contribution in [0.25, 0.3) is 0 Å². The largest absolute Gasteiger partial charge is 0.493 e. The van der Waals surface area contributed by atoms with Gasteiger partial charge in [0.1, 0.15) is 18.4 Å². The molecule has 4 aromatic rings. The molecule has 10 heteroatoms. The fourth-order valence-electron chi connectivity index (χ4n) is 4.14. The molecule has 0 aliphatic rings. The van der Waals surface area contributed by atoms with Crippen molar-refractivity contribution in [1.82, 2.24) is 10.7 Å². The Hall–Kier alpha value is -4.53. The fourth-order valence-corrected chi connectivity index (χ4v) is 4.59. The number of nitrogens with zero attached hydrogens (tertiary/aromatic N) is 1. The van der Waals surface area contributed by atoms with E-state index in [9.17, 15) is 9.59 Å². The summed E-state index contributed by atoms with van der Waals surface area (Å²) in [4.78, 5) is 26.2. The minimum atomic E-state index is -0.942. The van der Waals surface area contributed by atoms with E-state index in [4.69, 9.17) is 37.4 Å². The number of ether oxygens (including phenoxy) is 3. The topological polar surface area (TPSA) is 98.2 Å². The molecule has 0 radical (unpaired) electrons. The zero-order chi connectivity index (χ0) is 31.5. The van der Waals surface area contributed by atoms with Gasteiger partial charge < -0.3 is 19.5 Å². The number of benzene rings is 4. The van der Waals surface area contributed by atoms with Gasteiger partial charge in [0.15, 0.2) is 17.6 Å². The molecule has 2 amide bonds. The number of hydrogen-bond acceptors (Lipinski definition) is 6. The van der Waals surface area contributed by atoms with Crippen LogP contribution in [0.15, 0.2) is 96.1 Å². The number of amides is 2. The average molecular weight is 635 g/mol. The summed E-state index contributed by atoms with van der Waals surface area (Å²) < 4.78 is 17.2. The molecule has 0 heterocycles. The van der Waals surface area contributed by atoms with Crippen molar-refractivity contribution >= 4 is 41.2 Å². The number of methoxy groups -OCH3 is 1. The predicted octanol–water partition coefficient (Wildman–Crippen LogP) is 6.53. The lowest BCUT2D eigenvalue weighted by molar-refractivity contribution is -0.132. The monoisotopic (exact) mass is 633 g/mol. The summed E-state index contributed by atoms with van der Waals surface area (Å²) in [5.41, 5.74) is 6.29. The van der Waals surface area contributed by atoms with Gasteiger partial charge in [-0.15, -0.1) is 0 Å². The molecule has 0 aliphatic heterocycles. The molecule has 0 saturated heterocycles. The second-order valence-electron chi connectivity index (χ2n) is 10.0. The van der Waals surface area contributed by atoms with Crippen LogP contribution in [0.2, 0.25) is 10.0 Å². The van der Waals surface area contributed by atoms with E-state index in [0.717, 1.165) is 11.1 Å².